The molecule has 0 fully saturated rings. The Morgan fingerprint density at radius 1 is 1.36 bits per heavy atom. The van der Waals surface area contributed by atoms with Crippen LogP contribution in [0.5, 0.6) is 0 Å². The number of nitrogens with one attached hydrogen (secondary N) is 2. The molecule has 2 rings (SSSR count). The summed E-state index contributed by atoms with van der Waals surface area (Å²) < 4.78 is 1.88. The van der Waals surface area contributed by atoms with E-state index >= 15 is 0 Å². The van der Waals surface area contributed by atoms with Gasteiger partial charge in [-0.3, -0.25) is 4.99 Å². The number of thiazole rings is 1. The van der Waals surface area contributed by atoms with Gasteiger partial charge in [-0.05, 0) is 13.8 Å². The van der Waals surface area contributed by atoms with Crippen molar-refractivity contribution in [2.45, 2.75) is 26.8 Å². The van der Waals surface area contributed by atoms with Gasteiger partial charge in [-0.25, -0.2) is 4.98 Å². The molecule has 0 aromatic carbocycles. The van der Waals surface area contributed by atoms with Gasteiger partial charge in [-0.2, -0.15) is 0 Å². The quantitative estimate of drug-likeness (QED) is 0.422. The van der Waals surface area contributed by atoms with Crippen molar-refractivity contribution < 1.29 is 0 Å². The lowest BCUT2D eigenvalue weighted by Crippen LogP contribution is -2.38. The predicted octanol–water partition coefficient (Wildman–Crippen LogP) is 1.41. The second kappa shape index (κ2) is 9.03. The molecule has 2 N–H and O–H groups in total. The average molecular weight is 435 g/mol. The van der Waals surface area contributed by atoms with Crippen molar-refractivity contribution in [3.63, 3.8) is 0 Å². The molecule has 0 amide bonds. The Morgan fingerprint density at radius 2 is 2.14 bits per heavy atom. The van der Waals surface area contributed by atoms with Crippen LogP contribution in [0.4, 0.5) is 0 Å². The van der Waals surface area contributed by atoms with Crippen LogP contribution in [-0.4, -0.2) is 39.3 Å². The van der Waals surface area contributed by atoms with Crippen molar-refractivity contribution in [3.05, 3.63) is 27.7 Å². The normalized spacial score (nSPS) is 11.2. The number of hydrogen-bond acceptors (Lipinski definition) is 5. The van der Waals surface area contributed by atoms with E-state index in [1.54, 1.807) is 24.7 Å². The fourth-order valence-electron chi connectivity index (χ4n) is 1.78. The summed E-state index contributed by atoms with van der Waals surface area (Å²) >= 11 is 1.75. The maximum atomic E-state index is 4.53. The number of aliphatic imine (C=N–C) groups is 1. The summed E-state index contributed by atoms with van der Waals surface area (Å²) in [6.07, 6.45) is 2.57. The number of aromatic nitrogens is 4. The van der Waals surface area contributed by atoms with E-state index in [9.17, 15) is 0 Å². The topological polar surface area (TPSA) is 80.0 Å². The summed E-state index contributed by atoms with van der Waals surface area (Å²) in [6, 6.07) is 0. The highest BCUT2D eigenvalue weighted by atomic mass is 127. The fraction of sp³-hybridized carbons (Fsp3) is 0.538. The third-order valence-electron chi connectivity index (χ3n) is 3.15. The van der Waals surface area contributed by atoms with Gasteiger partial charge < -0.3 is 15.2 Å². The molecule has 122 valence electrons. The zero-order valence-electron chi connectivity index (χ0n) is 13.3. The summed E-state index contributed by atoms with van der Waals surface area (Å²) in [5, 5.41) is 15.5. The summed E-state index contributed by atoms with van der Waals surface area (Å²) in [6.45, 7) is 5.53. The zero-order chi connectivity index (χ0) is 15.2. The van der Waals surface area contributed by atoms with E-state index in [4.69, 9.17) is 0 Å². The largest absolute Gasteiger partial charge is 0.356 e. The summed E-state index contributed by atoms with van der Waals surface area (Å²) in [4.78, 5) is 10.0. The Hall–Kier alpha value is -1.23. The standard InChI is InChI=1S/C13H21N7S.HI/c1-9-10(2)21-12(18-9)5-6-15-13(14-3)16-7-11-19-17-8-20(11)4;/h8H,5-7H2,1-4H3,(H2,14,15,16);1H. The Bertz CT molecular complexity index is 600. The van der Waals surface area contributed by atoms with Gasteiger partial charge in [-0.1, -0.05) is 0 Å². The molecular formula is C13H22IN7S. The molecule has 2 aromatic rings. The molecule has 0 aliphatic carbocycles. The van der Waals surface area contributed by atoms with E-state index in [2.05, 4.69) is 37.7 Å². The molecule has 9 heteroatoms. The molecule has 22 heavy (non-hydrogen) atoms. The third-order valence-corrected chi connectivity index (χ3v) is 4.28. The Balaban J connectivity index is 0.00000242. The molecule has 0 unspecified atom stereocenters. The van der Waals surface area contributed by atoms with Gasteiger partial charge in [-0.15, -0.1) is 45.5 Å². The molecule has 2 aromatic heterocycles. The van der Waals surface area contributed by atoms with E-state index in [0.717, 1.165) is 35.5 Å². The lowest BCUT2D eigenvalue weighted by molar-refractivity contribution is 0.723. The van der Waals surface area contributed by atoms with Crippen LogP contribution in [0.3, 0.4) is 0 Å². The number of rotatable bonds is 5. The first-order valence-corrected chi connectivity index (χ1v) is 7.62. The van der Waals surface area contributed by atoms with Crippen molar-refractivity contribution in [2.75, 3.05) is 13.6 Å². The molecule has 0 saturated heterocycles. The molecular weight excluding hydrogens is 413 g/mol. The van der Waals surface area contributed by atoms with Gasteiger partial charge in [0, 0.05) is 31.9 Å². The van der Waals surface area contributed by atoms with E-state index in [-0.39, 0.29) is 24.0 Å². The fourth-order valence-corrected chi connectivity index (χ4v) is 2.72. The third kappa shape index (κ3) is 5.20. The van der Waals surface area contributed by atoms with Crippen molar-refractivity contribution in [1.82, 2.24) is 30.4 Å². The van der Waals surface area contributed by atoms with E-state index in [1.807, 2.05) is 18.5 Å². The minimum Gasteiger partial charge on any atom is -0.356 e. The number of aryl methyl sites for hydroxylation is 3. The van der Waals surface area contributed by atoms with Crippen LogP contribution in [0.15, 0.2) is 11.3 Å². The summed E-state index contributed by atoms with van der Waals surface area (Å²) in [5.74, 6) is 1.62. The van der Waals surface area contributed by atoms with Gasteiger partial charge in [0.15, 0.2) is 11.8 Å². The van der Waals surface area contributed by atoms with Crippen LogP contribution in [0.25, 0.3) is 0 Å². The van der Waals surface area contributed by atoms with Crippen molar-refractivity contribution in [2.24, 2.45) is 12.0 Å². The predicted molar refractivity (Wildman–Crippen MR) is 99.9 cm³/mol. The molecule has 0 atom stereocenters. The first kappa shape index (κ1) is 18.8. The lowest BCUT2D eigenvalue weighted by Gasteiger charge is -2.10. The number of nitrogens with zero attached hydrogens (tertiary/aromatic N) is 5. The average Bonchev–Trinajstić information content (AvgIpc) is 3.00. The Kier molecular flexibility index (Phi) is 7.73. The second-order valence-corrected chi connectivity index (χ2v) is 6.00. The molecule has 0 saturated carbocycles. The lowest BCUT2D eigenvalue weighted by atomic mass is 10.4. The molecule has 7 nitrogen and oxygen atoms in total. The molecule has 0 spiro atoms. The first-order valence-electron chi connectivity index (χ1n) is 6.80. The Labute approximate surface area is 151 Å². The number of halogens is 1. The SMILES string of the molecule is CN=C(NCCc1nc(C)c(C)s1)NCc1nncn1C.I. The first-order chi connectivity index (χ1) is 10.1. The summed E-state index contributed by atoms with van der Waals surface area (Å²) in [5.41, 5.74) is 1.12. The maximum absolute atomic E-state index is 4.53. The second-order valence-electron chi connectivity index (χ2n) is 4.71. The van der Waals surface area contributed by atoms with Crippen LogP contribution in [0.1, 0.15) is 21.4 Å². The monoisotopic (exact) mass is 435 g/mol. The van der Waals surface area contributed by atoms with Gasteiger partial charge in [0.25, 0.3) is 0 Å². The zero-order valence-corrected chi connectivity index (χ0v) is 16.4. The van der Waals surface area contributed by atoms with Gasteiger partial charge >= 0.3 is 0 Å². The van der Waals surface area contributed by atoms with Crippen LogP contribution in [0.2, 0.25) is 0 Å². The molecule has 0 aliphatic heterocycles. The molecule has 0 bridgehead atoms. The van der Waals surface area contributed by atoms with Gasteiger partial charge in [0.1, 0.15) is 6.33 Å². The van der Waals surface area contributed by atoms with E-state index < -0.39 is 0 Å². The molecule has 0 radical (unpaired) electrons. The van der Waals surface area contributed by atoms with Gasteiger partial charge in [0.05, 0.1) is 17.2 Å². The van der Waals surface area contributed by atoms with E-state index in [0.29, 0.717) is 6.54 Å². The van der Waals surface area contributed by atoms with Crippen LogP contribution < -0.4 is 10.6 Å². The van der Waals surface area contributed by atoms with Crippen molar-refractivity contribution in [3.8, 4) is 0 Å². The highest BCUT2D eigenvalue weighted by molar-refractivity contribution is 14.0. The minimum absolute atomic E-state index is 0. The minimum atomic E-state index is 0. The molecule has 2 heterocycles. The van der Waals surface area contributed by atoms with E-state index in [1.165, 1.54) is 4.88 Å². The van der Waals surface area contributed by atoms with Crippen molar-refractivity contribution >= 4 is 41.3 Å². The highest BCUT2D eigenvalue weighted by Crippen LogP contribution is 2.16. The van der Waals surface area contributed by atoms with Crippen LogP contribution in [-0.2, 0) is 20.0 Å². The smallest absolute Gasteiger partial charge is 0.191 e. The number of guanidine groups is 1. The van der Waals surface area contributed by atoms with Crippen LogP contribution >= 0.6 is 35.3 Å². The maximum Gasteiger partial charge on any atom is 0.191 e. The Morgan fingerprint density at radius 3 is 2.68 bits per heavy atom. The number of hydrogen-bond donors (Lipinski definition) is 2. The van der Waals surface area contributed by atoms with Crippen LogP contribution in [0, 0.1) is 13.8 Å². The molecule has 0 aliphatic rings. The summed E-state index contributed by atoms with van der Waals surface area (Å²) in [7, 11) is 3.67. The van der Waals surface area contributed by atoms with Gasteiger partial charge in [0.2, 0.25) is 0 Å². The highest BCUT2D eigenvalue weighted by Gasteiger charge is 2.05. The van der Waals surface area contributed by atoms with Crippen molar-refractivity contribution in [1.29, 1.82) is 0 Å².